The van der Waals surface area contributed by atoms with Crippen molar-refractivity contribution >= 4 is 23.0 Å². The zero-order valence-corrected chi connectivity index (χ0v) is 13.8. The van der Waals surface area contributed by atoms with Gasteiger partial charge < -0.3 is 9.64 Å². The summed E-state index contributed by atoms with van der Waals surface area (Å²) in [5.74, 6) is 0.634. The number of amides is 1. The molecule has 1 fully saturated rings. The second kappa shape index (κ2) is 6.96. The number of ketones is 1. The molecular formula is C18H19NO3S. The molecule has 0 bridgehead atoms. The summed E-state index contributed by atoms with van der Waals surface area (Å²) in [5, 5.41) is 2.05. The summed E-state index contributed by atoms with van der Waals surface area (Å²) in [7, 11) is 0. The van der Waals surface area contributed by atoms with E-state index in [-0.39, 0.29) is 24.3 Å². The maximum Gasteiger partial charge on any atom is 0.261 e. The van der Waals surface area contributed by atoms with Gasteiger partial charge in [0.05, 0.1) is 6.04 Å². The predicted molar refractivity (Wildman–Crippen MR) is 89.9 cm³/mol. The Morgan fingerprint density at radius 1 is 1.26 bits per heavy atom. The minimum atomic E-state index is 0.0107. The molecule has 1 aliphatic heterocycles. The van der Waals surface area contributed by atoms with Gasteiger partial charge in [0, 0.05) is 17.0 Å². The van der Waals surface area contributed by atoms with Crippen LogP contribution >= 0.6 is 11.3 Å². The Morgan fingerprint density at radius 2 is 2.04 bits per heavy atom. The van der Waals surface area contributed by atoms with Gasteiger partial charge in [-0.15, -0.1) is 11.3 Å². The maximum atomic E-state index is 12.5. The molecular weight excluding hydrogens is 310 g/mol. The van der Waals surface area contributed by atoms with E-state index in [2.05, 4.69) is 6.07 Å². The summed E-state index contributed by atoms with van der Waals surface area (Å²) in [4.78, 5) is 26.8. The SMILES string of the molecule is CC(=O)c1ccc(OCC(=O)N2CCCC2c2cccs2)cc1. The minimum Gasteiger partial charge on any atom is -0.484 e. The number of carbonyl (C=O) groups excluding carboxylic acids is 2. The third kappa shape index (κ3) is 3.62. The highest BCUT2D eigenvalue weighted by atomic mass is 32.1. The Labute approximate surface area is 139 Å². The van der Waals surface area contributed by atoms with Gasteiger partial charge in [-0.25, -0.2) is 0 Å². The number of ether oxygens (including phenoxy) is 1. The van der Waals surface area contributed by atoms with Crippen molar-refractivity contribution in [1.82, 2.24) is 4.90 Å². The van der Waals surface area contributed by atoms with Crippen molar-refractivity contribution in [3.8, 4) is 5.75 Å². The Bertz CT molecular complexity index is 679. The van der Waals surface area contributed by atoms with E-state index in [0.717, 1.165) is 19.4 Å². The van der Waals surface area contributed by atoms with Crippen LogP contribution in [-0.2, 0) is 4.79 Å². The van der Waals surface area contributed by atoms with Crippen molar-refractivity contribution in [2.45, 2.75) is 25.8 Å². The van der Waals surface area contributed by atoms with Crippen LogP contribution in [0.4, 0.5) is 0 Å². The van der Waals surface area contributed by atoms with Crippen molar-refractivity contribution in [1.29, 1.82) is 0 Å². The van der Waals surface area contributed by atoms with Crippen molar-refractivity contribution in [3.63, 3.8) is 0 Å². The average molecular weight is 329 g/mol. The van der Waals surface area contributed by atoms with Gasteiger partial charge in [0.1, 0.15) is 5.75 Å². The Morgan fingerprint density at radius 3 is 2.70 bits per heavy atom. The highest BCUT2D eigenvalue weighted by molar-refractivity contribution is 7.10. The first kappa shape index (κ1) is 15.7. The lowest BCUT2D eigenvalue weighted by Gasteiger charge is -2.24. The highest BCUT2D eigenvalue weighted by Gasteiger charge is 2.30. The Balaban J connectivity index is 1.59. The summed E-state index contributed by atoms with van der Waals surface area (Å²) in [6, 6.07) is 11.2. The third-order valence-electron chi connectivity index (χ3n) is 4.07. The number of hydrogen-bond acceptors (Lipinski definition) is 4. The molecule has 0 N–H and O–H groups in total. The topological polar surface area (TPSA) is 46.6 Å². The average Bonchev–Trinajstić information content (AvgIpc) is 3.23. The highest BCUT2D eigenvalue weighted by Crippen LogP contribution is 2.34. The number of thiophene rings is 1. The molecule has 0 aliphatic carbocycles. The first-order valence-electron chi connectivity index (χ1n) is 7.72. The molecule has 3 rings (SSSR count). The number of Topliss-reactive ketones (excluding diaryl/α,β-unsaturated/α-hetero) is 1. The molecule has 1 aliphatic rings. The molecule has 1 saturated heterocycles. The third-order valence-corrected chi connectivity index (χ3v) is 5.04. The van der Waals surface area contributed by atoms with Gasteiger partial charge in [0.25, 0.3) is 5.91 Å². The molecule has 4 nitrogen and oxygen atoms in total. The molecule has 23 heavy (non-hydrogen) atoms. The Kier molecular flexibility index (Phi) is 4.76. The summed E-state index contributed by atoms with van der Waals surface area (Å²) in [6.07, 6.45) is 2.04. The van der Waals surface area contributed by atoms with Crippen molar-refractivity contribution < 1.29 is 14.3 Å². The fraction of sp³-hybridized carbons (Fsp3) is 0.333. The Hall–Kier alpha value is -2.14. The van der Waals surface area contributed by atoms with Crippen LogP contribution in [0.3, 0.4) is 0 Å². The molecule has 0 spiro atoms. The molecule has 1 aromatic heterocycles. The molecule has 5 heteroatoms. The number of benzene rings is 1. The first-order valence-corrected chi connectivity index (χ1v) is 8.60. The number of rotatable bonds is 5. The van der Waals surface area contributed by atoms with Crippen LogP contribution in [0.1, 0.15) is 41.0 Å². The number of hydrogen-bond donors (Lipinski definition) is 0. The van der Waals surface area contributed by atoms with Gasteiger partial charge in [0.15, 0.2) is 12.4 Å². The number of nitrogens with zero attached hydrogens (tertiary/aromatic N) is 1. The first-order chi connectivity index (χ1) is 11.1. The van der Waals surface area contributed by atoms with E-state index >= 15 is 0 Å². The van der Waals surface area contributed by atoms with Gasteiger partial charge in [-0.1, -0.05) is 6.07 Å². The number of likely N-dealkylation sites (tertiary alicyclic amines) is 1. The van der Waals surface area contributed by atoms with Crippen molar-refractivity contribution in [2.24, 2.45) is 0 Å². The van der Waals surface area contributed by atoms with Crippen molar-refractivity contribution in [2.75, 3.05) is 13.2 Å². The molecule has 120 valence electrons. The molecule has 1 unspecified atom stereocenters. The lowest BCUT2D eigenvalue weighted by molar-refractivity contribution is -0.134. The van der Waals surface area contributed by atoms with Gasteiger partial charge in [-0.05, 0) is 55.5 Å². The molecule has 1 amide bonds. The van der Waals surface area contributed by atoms with Crippen LogP contribution in [0.5, 0.6) is 5.75 Å². The minimum absolute atomic E-state index is 0.0107. The summed E-state index contributed by atoms with van der Waals surface area (Å²) < 4.78 is 5.58. The van der Waals surface area contributed by atoms with Crippen molar-refractivity contribution in [3.05, 3.63) is 52.2 Å². The molecule has 2 aromatic rings. The van der Waals surface area contributed by atoms with Crippen LogP contribution in [0.15, 0.2) is 41.8 Å². The zero-order valence-electron chi connectivity index (χ0n) is 13.0. The lowest BCUT2D eigenvalue weighted by atomic mass is 10.1. The quantitative estimate of drug-likeness (QED) is 0.786. The van der Waals surface area contributed by atoms with Crippen LogP contribution in [-0.4, -0.2) is 29.7 Å². The lowest BCUT2D eigenvalue weighted by Crippen LogP contribution is -2.34. The monoisotopic (exact) mass is 329 g/mol. The van der Waals surface area contributed by atoms with E-state index < -0.39 is 0 Å². The second-order valence-corrected chi connectivity index (χ2v) is 6.61. The van der Waals surface area contributed by atoms with Gasteiger partial charge in [0.2, 0.25) is 0 Å². The smallest absolute Gasteiger partial charge is 0.261 e. The van der Waals surface area contributed by atoms with Gasteiger partial charge >= 0.3 is 0 Å². The van der Waals surface area contributed by atoms with E-state index in [1.165, 1.54) is 11.8 Å². The normalized spacial score (nSPS) is 17.3. The maximum absolute atomic E-state index is 12.5. The molecule has 1 atom stereocenters. The molecule has 1 aromatic carbocycles. The molecule has 0 saturated carbocycles. The van der Waals surface area contributed by atoms with Crippen LogP contribution in [0.25, 0.3) is 0 Å². The van der Waals surface area contributed by atoms with Crippen LogP contribution < -0.4 is 4.74 Å². The van der Waals surface area contributed by atoms with E-state index in [0.29, 0.717) is 11.3 Å². The summed E-state index contributed by atoms with van der Waals surface area (Å²) >= 11 is 1.69. The summed E-state index contributed by atoms with van der Waals surface area (Å²) in [6.45, 7) is 2.34. The largest absolute Gasteiger partial charge is 0.484 e. The van der Waals surface area contributed by atoms with Gasteiger partial charge in [-0.2, -0.15) is 0 Å². The fourth-order valence-corrected chi connectivity index (χ4v) is 3.73. The van der Waals surface area contributed by atoms with E-state index in [1.807, 2.05) is 16.3 Å². The van der Waals surface area contributed by atoms with Crippen LogP contribution in [0.2, 0.25) is 0 Å². The standard InChI is InChI=1S/C18H19NO3S/c1-13(20)14-6-8-15(9-7-14)22-12-18(21)19-10-2-4-16(19)17-5-3-11-23-17/h3,5-9,11,16H,2,4,10,12H2,1H3. The van der Waals surface area contributed by atoms with E-state index in [9.17, 15) is 9.59 Å². The predicted octanol–water partition coefficient (Wildman–Crippen LogP) is 3.69. The summed E-state index contributed by atoms with van der Waals surface area (Å²) in [5.41, 5.74) is 0.640. The number of carbonyl (C=O) groups is 2. The zero-order chi connectivity index (χ0) is 16.2. The fourth-order valence-electron chi connectivity index (χ4n) is 2.86. The molecule has 2 heterocycles. The van der Waals surface area contributed by atoms with E-state index in [1.54, 1.807) is 35.6 Å². The van der Waals surface area contributed by atoms with E-state index in [4.69, 9.17) is 4.74 Å². The second-order valence-electron chi connectivity index (χ2n) is 5.63. The van der Waals surface area contributed by atoms with Crippen LogP contribution in [0, 0.1) is 0 Å². The van der Waals surface area contributed by atoms with Gasteiger partial charge in [-0.3, -0.25) is 9.59 Å². The molecule has 0 radical (unpaired) electrons.